The maximum absolute atomic E-state index is 11.0. The Morgan fingerprint density at radius 3 is 2.90 bits per heavy atom. The van der Waals surface area contributed by atoms with Gasteiger partial charge in [-0.05, 0) is 31.7 Å². The molecule has 1 aromatic carbocycles. The third kappa shape index (κ3) is 3.39. The van der Waals surface area contributed by atoms with Crippen LogP contribution in [0.4, 0.5) is 11.4 Å². The Kier molecular flexibility index (Phi) is 4.79. The highest BCUT2D eigenvalue weighted by Crippen LogP contribution is 2.31. The van der Waals surface area contributed by atoms with Gasteiger partial charge in [0.05, 0.1) is 11.5 Å². The zero-order chi connectivity index (χ0) is 14.5. The number of ether oxygens (including phenoxy) is 1. The smallest absolute Gasteiger partial charge is 0.311 e. The number of rotatable bonds is 6. The van der Waals surface area contributed by atoms with E-state index in [-0.39, 0.29) is 17.8 Å². The molecule has 20 heavy (non-hydrogen) atoms. The fourth-order valence-corrected chi connectivity index (χ4v) is 2.46. The molecule has 2 atom stereocenters. The summed E-state index contributed by atoms with van der Waals surface area (Å²) in [5.74, 6) is 0.313. The Bertz CT molecular complexity index is 479. The predicted molar refractivity (Wildman–Crippen MR) is 78.1 cm³/mol. The maximum atomic E-state index is 11.0. The van der Waals surface area contributed by atoms with Crippen molar-refractivity contribution in [3.8, 4) is 5.75 Å². The summed E-state index contributed by atoms with van der Waals surface area (Å²) in [7, 11) is 0. The van der Waals surface area contributed by atoms with E-state index in [0.29, 0.717) is 12.4 Å². The van der Waals surface area contributed by atoms with Crippen molar-refractivity contribution in [1.82, 2.24) is 0 Å². The maximum Gasteiger partial charge on any atom is 0.311 e. The molecule has 1 fully saturated rings. The number of nitrogens with one attached hydrogen (secondary N) is 1. The van der Waals surface area contributed by atoms with Gasteiger partial charge in [0.25, 0.3) is 0 Å². The highest BCUT2D eigenvalue weighted by atomic mass is 16.6. The van der Waals surface area contributed by atoms with E-state index in [9.17, 15) is 10.1 Å². The van der Waals surface area contributed by atoms with E-state index in [1.165, 1.54) is 6.07 Å². The molecule has 0 aliphatic heterocycles. The highest BCUT2D eigenvalue weighted by molar-refractivity contribution is 5.58. The Morgan fingerprint density at radius 1 is 1.50 bits per heavy atom. The summed E-state index contributed by atoms with van der Waals surface area (Å²) in [6.07, 6.45) is 3.97. The number of benzene rings is 1. The lowest BCUT2D eigenvalue weighted by Crippen LogP contribution is -2.35. The fraction of sp³-hybridized carbons (Fsp3) is 0.571. The average Bonchev–Trinajstić information content (AvgIpc) is 2.82. The summed E-state index contributed by atoms with van der Waals surface area (Å²) in [5, 5.41) is 14.3. The van der Waals surface area contributed by atoms with Crippen molar-refractivity contribution in [3.05, 3.63) is 28.3 Å². The van der Waals surface area contributed by atoms with Gasteiger partial charge in [0.2, 0.25) is 0 Å². The van der Waals surface area contributed by atoms with Crippen LogP contribution in [0.5, 0.6) is 5.75 Å². The van der Waals surface area contributed by atoms with E-state index in [2.05, 4.69) is 5.32 Å². The van der Waals surface area contributed by atoms with Gasteiger partial charge in [-0.25, -0.2) is 0 Å². The number of nitrogens with zero attached hydrogens (tertiary/aromatic N) is 1. The van der Waals surface area contributed by atoms with Gasteiger partial charge in [-0.1, -0.05) is 6.92 Å². The Hall–Kier alpha value is -1.82. The SMILES string of the molecule is CCCOc1cc(NC2CCCC2N)ccc1[N+](=O)[O-]. The van der Waals surface area contributed by atoms with Gasteiger partial charge in [0.1, 0.15) is 0 Å². The van der Waals surface area contributed by atoms with Crippen LogP contribution in [-0.2, 0) is 0 Å². The minimum Gasteiger partial charge on any atom is -0.487 e. The van der Waals surface area contributed by atoms with Crippen LogP contribution in [0.1, 0.15) is 32.6 Å². The van der Waals surface area contributed by atoms with Gasteiger partial charge >= 0.3 is 5.69 Å². The Labute approximate surface area is 118 Å². The standard InChI is InChI=1S/C14H21N3O3/c1-2-8-20-14-9-10(6-7-13(14)17(18)19)16-12-5-3-4-11(12)15/h6-7,9,11-12,16H,2-5,8,15H2,1H3. The average molecular weight is 279 g/mol. The number of nitro groups is 1. The molecule has 110 valence electrons. The number of nitro benzene ring substituents is 1. The summed E-state index contributed by atoms with van der Waals surface area (Å²) in [4.78, 5) is 10.6. The quantitative estimate of drug-likeness (QED) is 0.617. The van der Waals surface area contributed by atoms with Gasteiger partial charge in [-0.3, -0.25) is 10.1 Å². The molecule has 3 N–H and O–H groups in total. The summed E-state index contributed by atoms with van der Waals surface area (Å²) in [6.45, 7) is 2.43. The number of hydrogen-bond donors (Lipinski definition) is 2. The van der Waals surface area contributed by atoms with E-state index < -0.39 is 4.92 Å². The van der Waals surface area contributed by atoms with Gasteiger partial charge in [0.15, 0.2) is 5.75 Å². The second-order valence-corrected chi connectivity index (χ2v) is 5.13. The van der Waals surface area contributed by atoms with E-state index in [0.717, 1.165) is 31.4 Å². The molecule has 1 saturated carbocycles. The van der Waals surface area contributed by atoms with Crippen molar-refractivity contribution in [2.24, 2.45) is 5.73 Å². The second kappa shape index (κ2) is 6.56. The van der Waals surface area contributed by atoms with E-state index >= 15 is 0 Å². The molecule has 0 spiro atoms. The summed E-state index contributed by atoms with van der Waals surface area (Å²) < 4.78 is 5.47. The first-order valence-corrected chi connectivity index (χ1v) is 7.05. The molecule has 0 heterocycles. The Balaban J connectivity index is 2.15. The molecule has 6 heteroatoms. The largest absolute Gasteiger partial charge is 0.487 e. The lowest BCUT2D eigenvalue weighted by Gasteiger charge is -2.19. The summed E-state index contributed by atoms with van der Waals surface area (Å²) >= 11 is 0. The lowest BCUT2D eigenvalue weighted by atomic mass is 10.1. The molecule has 1 aliphatic carbocycles. The normalized spacial score (nSPS) is 21.7. The molecule has 1 aromatic rings. The molecule has 2 unspecified atom stereocenters. The topological polar surface area (TPSA) is 90.4 Å². The highest BCUT2D eigenvalue weighted by Gasteiger charge is 2.24. The van der Waals surface area contributed by atoms with Crippen molar-refractivity contribution in [1.29, 1.82) is 0 Å². The second-order valence-electron chi connectivity index (χ2n) is 5.13. The molecule has 6 nitrogen and oxygen atoms in total. The van der Waals surface area contributed by atoms with Gasteiger partial charge < -0.3 is 15.8 Å². The third-order valence-electron chi connectivity index (χ3n) is 3.54. The van der Waals surface area contributed by atoms with Crippen LogP contribution >= 0.6 is 0 Å². The molecular formula is C14H21N3O3. The number of anilines is 1. The summed E-state index contributed by atoms with van der Waals surface area (Å²) in [6, 6.07) is 5.26. The molecule has 2 rings (SSSR count). The minimum absolute atomic E-state index is 0.000259. The molecule has 0 aromatic heterocycles. The first-order chi connectivity index (χ1) is 9.61. The van der Waals surface area contributed by atoms with E-state index in [4.69, 9.17) is 10.5 Å². The van der Waals surface area contributed by atoms with Crippen LogP contribution in [0.2, 0.25) is 0 Å². The van der Waals surface area contributed by atoms with Crippen LogP contribution in [-0.4, -0.2) is 23.6 Å². The molecule has 0 bridgehead atoms. The lowest BCUT2D eigenvalue weighted by molar-refractivity contribution is -0.385. The molecule has 0 saturated heterocycles. The third-order valence-corrected chi connectivity index (χ3v) is 3.54. The van der Waals surface area contributed by atoms with E-state index in [1.54, 1.807) is 12.1 Å². The van der Waals surface area contributed by atoms with Crippen molar-refractivity contribution in [3.63, 3.8) is 0 Å². The summed E-state index contributed by atoms with van der Waals surface area (Å²) in [5.41, 5.74) is 6.84. The molecular weight excluding hydrogens is 258 g/mol. The van der Waals surface area contributed by atoms with E-state index in [1.807, 2.05) is 6.92 Å². The first-order valence-electron chi connectivity index (χ1n) is 7.05. The van der Waals surface area contributed by atoms with Gasteiger partial charge in [-0.15, -0.1) is 0 Å². The van der Waals surface area contributed by atoms with Crippen molar-refractivity contribution in [2.75, 3.05) is 11.9 Å². The minimum atomic E-state index is -0.421. The predicted octanol–water partition coefficient (Wildman–Crippen LogP) is 2.68. The molecule has 0 amide bonds. The number of hydrogen-bond acceptors (Lipinski definition) is 5. The molecule has 0 radical (unpaired) electrons. The van der Waals surface area contributed by atoms with Crippen molar-refractivity contribution in [2.45, 2.75) is 44.7 Å². The van der Waals surface area contributed by atoms with Crippen LogP contribution < -0.4 is 15.8 Å². The first kappa shape index (κ1) is 14.6. The number of nitrogens with two attached hydrogens (primary N) is 1. The van der Waals surface area contributed by atoms with Gasteiger partial charge in [0, 0.05) is 29.9 Å². The van der Waals surface area contributed by atoms with Gasteiger partial charge in [-0.2, -0.15) is 0 Å². The monoisotopic (exact) mass is 279 g/mol. The molecule has 1 aliphatic rings. The zero-order valence-corrected chi connectivity index (χ0v) is 11.7. The van der Waals surface area contributed by atoms with Crippen LogP contribution in [0, 0.1) is 10.1 Å². The van der Waals surface area contributed by atoms with Crippen LogP contribution in [0.3, 0.4) is 0 Å². The van der Waals surface area contributed by atoms with Crippen LogP contribution in [0.25, 0.3) is 0 Å². The fourth-order valence-electron chi connectivity index (χ4n) is 2.46. The Morgan fingerprint density at radius 2 is 2.30 bits per heavy atom. The zero-order valence-electron chi connectivity index (χ0n) is 11.7. The van der Waals surface area contributed by atoms with Crippen molar-refractivity contribution >= 4 is 11.4 Å². The van der Waals surface area contributed by atoms with Crippen molar-refractivity contribution < 1.29 is 9.66 Å². The van der Waals surface area contributed by atoms with Crippen LogP contribution in [0.15, 0.2) is 18.2 Å².